The van der Waals surface area contributed by atoms with Gasteiger partial charge in [-0.2, -0.15) is 0 Å². The van der Waals surface area contributed by atoms with Gasteiger partial charge in [-0.25, -0.2) is 4.79 Å². The summed E-state index contributed by atoms with van der Waals surface area (Å²) in [5, 5.41) is 12.9. The van der Waals surface area contributed by atoms with Crippen LogP contribution >= 0.6 is 11.6 Å². The molecule has 0 spiro atoms. The molecule has 2 unspecified atom stereocenters. The molecule has 0 radical (unpaired) electrons. The molecule has 2 rings (SSSR count). The maximum atomic E-state index is 11.9. The van der Waals surface area contributed by atoms with Crippen molar-refractivity contribution in [2.45, 2.75) is 25.6 Å². The number of ether oxygens (including phenoxy) is 2. The van der Waals surface area contributed by atoms with E-state index in [4.69, 9.17) is 21.1 Å². The fourth-order valence-electron chi connectivity index (χ4n) is 2.06. The molecule has 1 aliphatic heterocycles. The van der Waals surface area contributed by atoms with Gasteiger partial charge in [0.25, 0.3) is 11.6 Å². The van der Waals surface area contributed by atoms with Crippen LogP contribution in [0.25, 0.3) is 0 Å². The van der Waals surface area contributed by atoms with Crippen LogP contribution in [0.15, 0.2) is 18.2 Å². The van der Waals surface area contributed by atoms with Gasteiger partial charge in [0.15, 0.2) is 0 Å². The number of esters is 2. The average molecular weight is 357 g/mol. The van der Waals surface area contributed by atoms with Gasteiger partial charge in [0, 0.05) is 18.1 Å². The number of carbonyl (C=O) groups is 3. The van der Waals surface area contributed by atoms with Gasteiger partial charge in [0.2, 0.25) is 6.10 Å². The number of cyclic esters (lactones) is 1. The minimum Gasteiger partial charge on any atom is -0.460 e. The van der Waals surface area contributed by atoms with Crippen LogP contribution in [0.3, 0.4) is 0 Å². The smallest absolute Gasteiger partial charge is 0.347 e. The van der Waals surface area contributed by atoms with Gasteiger partial charge in [0.05, 0.1) is 4.92 Å². The number of benzene rings is 1. The molecule has 24 heavy (non-hydrogen) atoms. The number of nitrogens with zero attached hydrogens (tertiary/aromatic N) is 1. The molecule has 0 bridgehead atoms. The number of carbonyl (C=O) groups excluding carboxylic acids is 3. The first kappa shape index (κ1) is 17.7. The van der Waals surface area contributed by atoms with Crippen molar-refractivity contribution < 1.29 is 28.8 Å². The Labute approximate surface area is 141 Å². The number of nitro benzene ring substituents is 1. The molecule has 2 atom stereocenters. The molecule has 128 valence electrons. The number of hydrogen-bond acceptors (Lipinski definition) is 7. The average Bonchev–Trinajstić information content (AvgIpc) is 2.82. The molecule has 1 fully saturated rings. The van der Waals surface area contributed by atoms with Crippen LogP contribution in [-0.4, -0.2) is 41.5 Å². The van der Waals surface area contributed by atoms with Gasteiger partial charge in [-0.15, -0.1) is 0 Å². The lowest BCUT2D eigenvalue weighted by molar-refractivity contribution is -0.384. The number of hydrogen-bond donors (Lipinski definition) is 1. The summed E-state index contributed by atoms with van der Waals surface area (Å²) in [6, 6.07) is 3.49. The molecule has 1 N–H and O–H groups in total. The largest absolute Gasteiger partial charge is 0.460 e. The van der Waals surface area contributed by atoms with Crippen molar-refractivity contribution in [3.05, 3.63) is 38.9 Å². The van der Waals surface area contributed by atoms with Crippen molar-refractivity contribution in [2.24, 2.45) is 0 Å². The standard InChI is InChI=1S/C14H13ClN2O7/c1-7-4-11(14(20)23-7)24-12(18)6-16-13(19)8-2-3-9(15)10(5-8)17(21)22/h2-3,5,7,11H,4,6H2,1H3,(H,16,19). The second kappa shape index (κ2) is 7.26. The molecule has 0 aliphatic carbocycles. The Kier molecular flexibility index (Phi) is 5.35. The normalized spacial score (nSPS) is 19.5. The number of amides is 1. The molecule has 0 aromatic heterocycles. The predicted molar refractivity (Wildman–Crippen MR) is 80.5 cm³/mol. The van der Waals surface area contributed by atoms with Crippen molar-refractivity contribution in [3.63, 3.8) is 0 Å². The van der Waals surface area contributed by atoms with Crippen LogP contribution in [0.2, 0.25) is 5.02 Å². The summed E-state index contributed by atoms with van der Waals surface area (Å²) in [7, 11) is 0. The third-order valence-corrected chi connectivity index (χ3v) is 3.52. The summed E-state index contributed by atoms with van der Waals surface area (Å²) >= 11 is 5.65. The highest BCUT2D eigenvalue weighted by Crippen LogP contribution is 2.25. The van der Waals surface area contributed by atoms with Crippen molar-refractivity contribution in [1.29, 1.82) is 0 Å². The van der Waals surface area contributed by atoms with Gasteiger partial charge < -0.3 is 14.8 Å². The van der Waals surface area contributed by atoms with Crippen LogP contribution in [-0.2, 0) is 19.1 Å². The molecule has 1 aromatic carbocycles. The maximum absolute atomic E-state index is 11.9. The first-order valence-corrected chi connectivity index (χ1v) is 7.28. The Hall–Kier alpha value is -2.68. The fourth-order valence-corrected chi connectivity index (χ4v) is 2.25. The zero-order valence-electron chi connectivity index (χ0n) is 12.5. The van der Waals surface area contributed by atoms with Crippen molar-refractivity contribution in [2.75, 3.05) is 6.54 Å². The second-order valence-electron chi connectivity index (χ2n) is 5.07. The topological polar surface area (TPSA) is 125 Å². The summed E-state index contributed by atoms with van der Waals surface area (Å²) in [4.78, 5) is 45.0. The van der Waals surface area contributed by atoms with Crippen LogP contribution < -0.4 is 5.32 Å². The van der Waals surface area contributed by atoms with E-state index in [2.05, 4.69) is 5.32 Å². The highest BCUT2D eigenvalue weighted by Gasteiger charge is 2.35. The molecule has 1 aromatic rings. The lowest BCUT2D eigenvalue weighted by atomic mass is 10.2. The predicted octanol–water partition coefficient (Wildman–Crippen LogP) is 1.23. The quantitative estimate of drug-likeness (QED) is 0.477. The molecule has 0 saturated carbocycles. The molecule has 1 saturated heterocycles. The van der Waals surface area contributed by atoms with E-state index in [-0.39, 0.29) is 23.1 Å². The minimum atomic E-state index is -0.985. The van der Waals surface area contributed by atoms with E-state index in [0.29, 0.717) is 0 Å². The van der Waals surface area contributed by atoms with E-state index >= 15 is 0 Å². The maximum Gasteiger partial charge on any atom is 0.347 e. The summed E-state index contributed by atoms with van der Waals surface area (Å²) < 4.78 is 9.74. The van der Waals surface area contributed by atoms with E-state index < -0.39 is 41.1 Å². The van der Waals surface area contributed by atoms with Crippen molar-refractivity contribution >= 4 is 35.1 Å². The third kappa shape index (κ3) is 4.19. The van der Waals surface area contributed by atoms with Crippen molar-refractivity contribution in [3.8, 4) is 0 Å². The Morgan fingerprint density at radius 2 is 2.21 bits per heavy atom. The van der Waals surface area contributed by atoms with E-state index in [1.165, 1.54) is 12.1 Å². The van der Waals surface area contributed by atoms with Crippen LogP contribution in [0.5, 0.6) is 0 Å². The number of nitro groups is 1. The fraction of sp³-hybridized carbons (Fsp3) is 0.357. The molecule has 1 amide bonds. The van der Waals surface area contributed by atoms with Crippen LogP contribution in [0.1, 0.15) is 23.7 Å². The highest BCUT2D eigenvalue weighted by molar-refractivity contribution is 6.32. The minimum absolute atomic E-state index is 0.0344. The van der Waals surface area contributed by atoms with Crippen LogP contribution in [0, 0.1) is 10.1 Å². The molecule has 1 heterocycles. The van der Waals surface area contributed by atoms with Gasteiger partial charge in [-0.3, -0.25) is 19.7 Å². The summed E-state index contributed by atoms with van der Waals surface area (Å²) in [5.74, 6) is -2.16. The first-order valence-electron chi connectivity index (χ1n) is 6.90. The van der Waals surface area contributed by atoms with Crippen LogP contribution in [0.4, 0.5) is 5.69 Å². The monoisotopic (exact) mass is 356 g/mol. The Balaban J connectivity index is 1.91. The zero-order chi connectivity index (χ0) is 17.9. The SMILES string of the molecule is CC1CC(OC(=O)CNC(=O)c2ccc(Cl)c([N+](=O)[O-])c2)C(=O)O1. The lowest BCUT2D eigenvalue weighted by Crippen LogP contribution is -2.33. The summed E-state index contributed by atoms with van der Waals surface area (Å²) in [6.07, 6.45) is -1.07. The van der Waals surface area contributed by atoms with Gasteiger partial charge >= 0.3 is 11.9 Å². The lowest BCUT2D eigenvalue weighted by Gasteiger charge is -2.09. The summed E-state index contributed by atoms with van der Waals surface area (Å²) in [6.45, 7) is 1.17. The Morgan fingerprint density at radius 1 is 1.50 bits per heavy atom. The second-order valence-corrected chi connectivity index (χ2v) is 5.47. The molecular formula is C14H13ClN2O7. The van der Waals surface area contributed by atoms with E-state index in [1.807, 2.05) is 0 Å². The van der Waals surface area contributed by atoms with E-state index in [0.717, 1.165) is 6.07 Å². The number of nitrogens with one attached hydrogen (secondary N) is 1. The highest BCUT2D eigenvalue weighted by atomic mass is 35.5. The van der Waals surface area contributed by atoms with E-state index in [1.54, 1.807) is 6.92 Å². The molecular weight excluding hydrogens is 344 g/mol. The van der Waals surface area contributed by atoms with E-state index in [9.17, 15) is 24.5 Å². The zero-order valence-corrected chi connectivity index (χ0v) is 13.2. The molecule has 1 aliphatic rings. The Morgan fingerprint density at radius 3 is 2.79 bits per heavy atom. The van der Waals surface area contributed by atoms with Gasteiger partial charge in [-0.1, -0.05) is 11.6 Å². The number of halogens is 1. The van der Waals surface area contributed by atoms with Gasteiger partial charge in [-0.05, 0) is 19.1 Å². The van der Waals surface area contributed by atoms with Crippen molar-refractivity contribution in [1.82, 2.24) is 5.32 Å². The first-order chi connectivity index (χ1) is 11.3. The molecule has 10 heteroatoms. The Bertz CT molecular complexity index is 706. The third-order valence-electron chi connectivity index (χ3n) is 3.20. The molecule has 9 nitrogen and oxygen atoms in total. The van der Waals surface area contributed by atoms with Gasteiger partial charge in [0.1, 0.15) is 17.7 Å². The number of rotatable bonds is 5. The summed E-state index contributed by atoms with van der Waals surface area (Å²) in [5.41, 5.74) is -0.456.